The fourth-order valence-corrected chi connectivity index (χ4v) is 3.42. The van der Waals surface area contributed by atoms with Gasteiger partial charge in [-0.25, -0.2) is 13.4 Å². The predicted molar refractivity (Wildman–Crippen MR) is 72.5 cm³/mol. The number of rotatable bonds is 3. The van der Waals surface area contributed by atoms with Gasteiger partial charge in [-0.2, -0.15) is 0 Å². The SMILES string of the molecule is Cn1cnc(NS(=O)(=O)c2ccc3c(c2)CCC3)c1. The van der Waals surface area contributed by atoms with Crippen LogP contribution in [-0.4, -0.2) is 18.0 Å². The summed E-state index contributed by atoms with van der Waals surface area (Å²) in [6.07, 6.45) is 6.30. The molecule has 0 unspecified atom stereocenters. The number of imidazole rings is 1. The van der Waals surface area contributed by atoms with E-state index in [1.807, 2.05) is 6.07 Å². The minimum Gasteiger partial charge on any atom is -0.338 e. The third-order valence-electron chi connectivity index (χ3n) is 3.32. The minimum absolute atomic E-state index is 0.304. The van der Waals surface area contributed by atoms with Crippen LogP contribution in [-0.2, 0) is 29.9 Å². The molecule has 0 atom stereocenters. The number of benzene rings is 1. The van der Waals surface area contributed by atoms with E-state index in [1.54, 1.807) is 36.3 Å². The van der Waals surface area contributed by atoms with E-state index in [0.717, 1.165) is 24.8 Å². The lowest BCUT2D eigenvalue weighted by molar-refractivity contribution is 0.601. The Bertz CT molecular complexity index is 719. The van der Waals surface area contributed by atoms with Crippen LogP contribution in [0.2, 0.25) is 0 Å². The number of aryl methyl sites for hydroxylation is 3. The van der Waals surface area contributed by atoms with Gasteiger partial charge >= 0.3 is 0 Å². The van der Waals surface area contributed by atoms with Crippen molar-refractivity contribution in [3.8, 4) is 0 Å². The Morgan fingerprint density at radius 2 is 2.05 bits per heavy atom. The second-order valence-electron chi connectivity index (χ2n) is 4.81. The molecule has 1 heterocycles. The first kappa shape index (κ1) is 12.2. The van der Waals surface area contributed by atoms with Crippen LogP contribution in [0, 0.1) is 0 Å². The maximum Gasteiger partial charge on any atom is 0.263 e. The van der Waals surface area contributed by atoms with Crippen LogP contribution in [0.15, 0.2) is 35.6 Å². The largest absolute Gasteiger partial charge is 0.338 e. The topological polar surface area (TPSA) is 64.0 Å². The monoisotopic (exact) mass is 277 g/mol. The van der Waals surface area contributed by atoms with Crippen molar-refractivity contribution in [2.45, 2.75) is 24.2 Å². The summed E-state index contributed by atoms with van der Waals surface area (Å²) in [5.74, 6) is 0.336. The Morgan fingerprint density at radius 1 is 1.26 bits per heavy atom. The van der Waals surface area contributed by atoms with E-state index in [4.69, 9.17) is 0 Å². The number of sulfonamides is 1. The van der Waals surface area contributed by atoms with E-state index in [-0.39, 0.29) is 0 Å². The molecule has 0 radical (unpaired) electrons. The summed E-state index contributed by atoms with van der Waals surface area (Å²) < 4.78 is 28.7. The van der Waals surface area contributed by atoms with E-state index in [0.29, 0.717) is 10.7 Å². The van der Waals surface area contributed by atoms with E-state index < -0.39 is 10.0 Å². The molecule has 3 rings (SSSR count). The van der Waals surface area contributed by atoms with E-state index in [1.165, 1.54) is 5.56 Å². The summed E-state index contributed by atoms with van der Waals surface area (Å²) in [5, 5.41) is 0. The minimum atomic E-state index is -3.55. The highest BCUT2D eigenvalue weighted by Gasteiger charge is 2.19. The zero-order chi connectivity index (χ0) is 13.5. The zero-order valence-electron chi connectivity index (χ0n) is 10.6. The van der Waals surface area contributed by atoms with E-state index >= 15 is 0 Å². The maximum atomic E-state index is 12.3. The molecule has 0 aliphatic heterocycles. The summed E-state index contributed by atoms with van der Waals surface area (Å²) in [4.78, 5) is 4.28. The van der Waals surface area contributed by atoms with Gasteiger partial charge in [0.05, 0.1) is 11.2 Å². The first-order valence-corrected chi connectivity index (χ1v) is 7.65. The summed E-state index contributed by atoms with van der Waals surface area (Å²) in [6, 6.07) is 5.35. The van der Waals surface area contributed by atoms with Crippen molar-refractivity contribution in [1.82, 2.24) is 9.55 Å². The van der Waals surface area contributed by atoms with Crippen LogP contribution >= 0.6 is 0 Å². The second-order valence-corrected chi connectivity index (χ2v) is 6.50. The van der Waals surface area contributed by atoms with Gasteiger partial charge in [0.2, 0.25) is 0 Å². The highest BCUT2D eigenvalue weighted by Crippen LogP contribution is 2.25. The van der Waals surface area contributed by atoms with Gasteiger partial charge in [0.15, 0.2) is 5.82 Å². The summed E-state index contributed by atoms with van der Waals surface area (Å²) in [5.41, 5.74) is 2.40. The van der Waals surface area contributed by atoms with Gasteiger partial charge in [-0.15, -0.1) is 0 Å². The first-order valence-electron chi connectivity index (χ1n) is 6.17. The van der Waals surface area contributed by atoms with Crippen molar-refractivity contribution < 1.29 is 8.42 Å². The van der Waals surface area contributed by atoms with Gasteiger partial charge in [-0.1, -0.05) is 6.07 Å². The molecule has 0 amide bonds. The van der Waals surface area contributed by atoms with Crippen LogP contribution in [0.4, 0.5) is 5.82 Å². The van der Waals surface area contributed by atoms with Gasteiger partial charge in [-0.3, -0.25) is 4.72 Å². The van der Waals surface area contributed by atoms with Crippen LogP contribution in [0.3, 0.4) is 0 Å². The number of nitrogens with one attached hydrogen (secondary N) is 1. The van der Waals surface area contributed by atoms with E-state index in [9.17, 15) is 8.42 Å². The molecule has 0 spiro atoms. The molecule has 0 bridgehead atoms. The molecule has 1 N–H and O–H groups in total. The third kappa shape index (κ3) is 2.35. The Hall–Kier alpha value is -1.82. The Labute approximate surface area is 112 Å². The molecule has 0 fully saturated rings. The smallest absolute Gasteiger partial charge is 0.263 e. The summed E-state index contributed by atoms with van der Waals surface area (Å²) >= 11 is 0. The highest BCUT2D eigenvalue weighted by atomic mass is 32.2. The van der Waals surface area contributed by atoms with Gasteiger partial charge in [-0.05, 0) is 42.5 Å². The molecule has 0 saturated carbocycles. The Kier molecular flexibility index (Phi) is 2.82. The molecule has 1 aromatic heterocycles. The number of aromatic nitrogens is 2. The Balaban J connectivity index is 1.92. The Morgan fingerprint density at radius 3 is 2.79 bits per heavy atom. The number of anilines is 1. The van der Waals surface area contributed by atoms with Crippen molar-refractivity contribution in [1.29, 1.82) is 0 Å². The van der Waals surface area contributed by atoms with Crippen molar-refractivity contribution in [2.75, 3.05) is 4.72 Å². The van der Waals surface area contributed by atoms with Crippen LogP contribution in [0.1, 0.15) is 17.5 Å². The summed E-state index contributed by atoms with van der Waals surface area (Å²) in [7, 11) is -1.76. The molecule has 5 nitrogen and oxygen atoms in total. The van der Waals surface area contributed by atoms with Gasteiger partial charge < -0.3 is 4.57 Å². The van der Waals surface area contributed by atoms with Crippen LogP contribution in [0.5, 0.6) is 0 Å². The third-order valence-corrected chi connectivity index (χ3v) is 4.68. The average Bonchev–Trinajstić information content (AvgIpc) is 2.96. The molecule has 100 valence electrons. The van der Waals surface area contributed by atoms with Gasteiger partial charge in [0, 0.05) is 13.2 Å². The van der Waals surface area contributed by atoms with Crippen molar-refractivity contribution in [3.63, 3.8) is 0 Å². The molecular formula is C13H15N3O2S. The van der Waals surface area contributed by atoms with Crippen molar-refractivity contribution in [2.24, 2.45) is 7.05 Å². The molecular weight excluding hydrogens is 262 g/mol. The second kappa shape index (κ2) is 4.38. The first-order chi connectivity index (χ1) is 9.04. The quantitative estimate of drug-likeness (QED) is 0.929. The molecule has 1 aliphatic rings. The molecule has 2 aromatic rings. The molecule has 1 aliphatic carbocycles. The highest BCUT2D eigenvalue weighted by molar-refractivity contribution is 7.92. The number of nitrogens with zero attached hydrogens (tertiary/aromatic N) is 2. The van der Waals surface area contributed by atoms with E-state index in [2.05, 4.69) is 9.71 Å². The lowest BCUT2D eigenvalue weighted by atomic mass is 10.1. The lowest BCUT2D eigenvalue weighted by Crippen LogP contribution is -2.13. The number of hydrogen-bond donors (Lipinski definition) is 1. The van der Waals surface area contributed by atoms with Crippen LogP contribution < -0.4 is 4.72 Å². The normalized spacial score (nSPS) is 14.4. The molecule has 19 heavy (non-hydrogen) atoms. The zero-order valence-corrected chi connectivity index (χ0v) is 11.4. The van der Waals surface area contributed by atoms with Crippen molar-refractivity contribution >= 4 is 15.8 Å². The fourth-order valence-electron chi connectivity index (χ4n) is 2.38. The molecule has 6 heteroatoms. The lowest BCUT2D eigenvalue weighted by Gasteiger charge is -2.07. The predicted octanol–water partition coefficient (Wildman–Crippen LogP) is 1.71. The molecule has 0 saturated heterocycles. The van der Waals surface area contributed by atoms with Crippen molar-refractivity contribution in [3.05, 3.63) is 41.9 Å². The summed E-state index contributed by atoms with van der Waals surface area (Å²) in [6.45, 7) is 0. The average molecular weight is 277 g/mol. The van der Waals surface area contributed by atoms with Crippen LogP contribution in [0.25, 0.3) is 0 Å². The number of fused-ring (bicyclic) bond motifs is 1. The maximum absolute atomic E-state index is 12.3. The standard InChI is InChI=1S/C13H15N3O2S/c1-16-8-13(14-9-16)15-19(17,18)12-6-5-10-3-2-4-11(10)7-12/h5-9,15H,2-4H2,1H3. The molecule has 1 aromatic carbocycles. The fraction of sp³-hybridized carbons (Fsp3) is 0.308. The van der Waals surface area contributed by atoms with Gasteiger partial charge in [0.25, 0.3) is 10.0 Å². The van der Waals surface area contributed by atoms with Gasteiger partial charge in [0.1, 0.15) is 0 Å². The number of hydrogen-bond acceptors (Lipinski definition) is 3.